The van der Waals surface area contributed by atoms with Gasteiger partial charge in [0.25, 0.3) is 14.2 Å². The highest BCUT2D eigenvalue weighted by atomic mass is 35.7. The first-order valence-corrected chi connectivity index (χ1v) is 8.48. The zero-order valence-electron chi connectivity index (χ0n) is 11.2. The molecule has 2 aromatic heterocycles. The SMILES string of the molecule is CC(C)n1c(CCc2ccncc2)nnc1S(=O)(=O)Cl. The quantitative estimate of drug-likeness (QED) is 0.788. The summed E-state index contributed by atoms with van der Waals surface area (Å²) in [5.74, 6) is 0.607. The van der Waals surface area contributed by atoms with E-state index in [1.807, 2.05) is 26.0 Å². The van der Waals surface area contributed by atoms with E-state index < -0.39 is 9.05 Å². The summed E-state index contributed by atoms with van der Waals surface area (Å²) in [6.45, 7) is 3.73. The van der Waals surface area contributed by atoms with Crippen LogP contribution in [0.3, 0.4) is 0 Å². The van der Waals surface area contributed by atoms with Crippen LogP contribution in [0.1, 0.15) is 31.3 Å². The van der Waals surface area contributed by atoms with Gasteiger partial charge in [0.15, 0.2) is 0 Å². The van der Waals surface area contributed by atoms with Gasteiger partial charge in [-0.15, -0.1) is 10.2 Å². The monoisotopic (exact) mass is 314 g/mol. The molecule has 108 valence electrons. The maximum Gasteiger partial charge on any atom is 0.296 e. The fraction of sp³-hybridized carbons (Fsp3) is 0.417. The number of rotatable bonds is 5. The van der Waals surface area contributed by atoms with Gasteiger partial charge in [-0.25, -0.2) is 8.42 Å². The van der Waals surface area contributed by atoms with E-state index in [0.717, 1.165) is 12.0 Å². The highest BCUT2D eigenvalue weighted by Crippen LogP contribution is 2.20. The number of pyridine rings is 1. The van der Waals surface area contributed by atoms with Gasteiger partial charge in [0.05, 0.1) is 0 Å². The van der Waals surface area contributed by atoms with Gasteiger partial charge in [-0.1, -0.05) is 0 Å². The van der Waals surface area contributed by atoms with Crippen molar-refractivity contribution in [1.82, 2.24) is 19.7 Å². The molecule has 2 aromatic rings. The molecule has 0 N–H and O–H groups in total. The summed E-state index contributed by atoms with van der Waals surface area (Å²) >= 11 is 0. The molecule has 0 aliphatic rings. The molecule has 6 nitrogen and oxygen atoms in total. The van der Waals surface area contributed by atoms with Gasteiger partial charge in [-0.05, 0) is 38.0 Å². The molecule has 0 atom stereocenters. The number of hydrogen-bond donors (Lipinski definition) is 0. The number of hydrogen-bond acceptors (Lipinski definition) is 5. The lowest BCUT2D eigenvalue weighted by molar-refractivity contribution is 0.507. The predicted molar refractivity (Wildman–Crippen MR) is 75.1 cm³/mol. The molecule has 0 aliphatic carbocycles. The van der Waals surface area contributed by atoms with E-state index in [1.165, 1.54) is 0 Å². The Hall–Kier alpha value is -1.47. The average Bonchev–Trinajstić information content (AvgIpc) is 2.81. The lowest BCUT2D eigenvalue weighted by Gasteiger charge is -2.12. The van der Waals surface area contributed by atoms with Crippen molar-refractivity contribution in [2.75, 3.05) is 0 Å². The summed E-state index contributed by atoms with van der Waals surface area (Å²) in [6, 6.07) is 3.74. The fourth-order valence-corrected chi connectivity index (χ4v) is 2.97. The van der Waals surface area contributed by atoms with E-state index in [9.17, 15) is 8.42 Å². The highest BCUT2D eigenvalue weighted by molar-refractivity contribution is 8.13. The van der Waals surface area contributed by atoms with Gasteiger partial charge in [-0.2, -0.15) is 0 Å². The van der Waals surface area contributed by atoms with Gasteiger partial charge in [-0.3, -0.25) is 9.55 Å². The topological polar surface area (TPSA) is 77.7 Å². The zero-order chi connectivity index (χ0) is 14.8. The van der Waals surface area contributed by atoms with Crippen molar-refractivity contribution >= 4 is 19.7 Å². The molecule has 0 fully saturated rings. The van der Waals surface area contributed by atoms with Gasteiger partial charge >= 0.3 is 0 Å². The highest BCUT2D eigenvalue weighted by Gasteiger charge is 2.23. The number of halogens is 1. The molecule has 0 aliphatic heterocycles. The number of aryl methyl sites for hydroxylation is 2. The van der Waals surface area contributed by atoms with Crippen molar-refractivity contribution in [3.63, 3.8) is 0 Å². The van der Waals surface area contributed by atoms with Crippen LogP contribution in [0.4, 0.5) is 0 Å². The Balaban J connectivity index is 2.27. The number of aromatic nitrogens is 4. The minimum Gasteiger partial charge on any atom is -0.298 e. The summed E-state index contributed by atoms with van der Waals surface area (Å²) in [6.07, 6.45) is 4.76. The number of nitrogens with zero attached hydrogens (tertiary/aromatic N) is 4. The summed E-state index contributed by atoms with van der Waals surface area (Å²) in [5, 5.41) is 7.46. The largest absolute Gasteiger partial charge is 0.298 e. The first-order valence-electron chi connectivity index (χ1n) is 6.17. The summed E-state index contributed by atoms with van der Waals surface area (Å²) in [4.78, 5) is 3.95. The molecule has 2 heterocycles. The Morgan fingerprint density at radius 3 is 2.40 bits per heavy atom. The van der Waals surface area contributed by atoms with Crippen LogP contribution < -0.4 is 0 Å². The lowest BCUT2D eigenvalue weighted by atomic mass is 10.1. The van der Waals surface area contributed by atoms with Crippen LogP contribution in [0, 0.1) is 0 Å². The lowest BCUT2D eigenvalue weighted by Crippen LogP contribution is -2.12. The molecular weight excluding hydrogens is 300 g/mol. The van der Waals surface area contributed by atoms with Crippen LogP contribution in [0.25, 0.3) is 0 Å². The molecular formula is C12H15ClN4O2S. The van der Waals surface area contributed by atoms with Gasteiger partial charge in [0, 0.05) is 35.5 Å². The van der Waals surface area contributed by atoms with E-state index in [2.05, 4.69) is 15.2 Å². The van der Waals surface area contributed by atoms with Crippen molar-refractivity contribution in [2.45, 2.75) is 37.9 Å². The smallest absolute Gasteiger partial charge is 0.296 e. The summed E-state index contributed by atoms with van der Waals surface area (Å²) in [7, 11) is 1.49. The first kappa shape index (κ1) is 14.9. The Kier molecular flexibility index (Phi) is 4.39. The zero-order valence-corrected chi connectivity index (χ0v) is 12.8. The minimum absolute atomic E-state index is 0.0824. The molecule has 0 amide bonds. The third kappa shape index (κ3) is 3.34. The molecule has 2 rings (SSSR count). The molecule has 0 saturated heterocycles. The maximum absolute atomic E-state index is 11.5. The standard InChI is InChI=1S/C12H15ClN4O2S/c1-9(2)17-11(15-16-12(17)20(13,18)19)4-3-10-5-7-14-8-6-10/h5-9H,3-4H2,1-2H3. The van der Waals surface area contributed by atoms with Crippen molar-refractivity contribution in [2.24, 2.45) is 0 Å². The molecule has 0 saturated carbocycles. The maximum atomic E-state index is 11.5. The fourth-order valence-electron chi connectivity index (χ4n) is 1.97. The van der Waals surface area contributed by atoms with Crippen molar-refractivity contribution in [3.05, 3.63) is 35.9 Å². The van der Waals surface area contributed by atoms with Crippen LogP contribution in [0.15, 0.2) is 29.7 Å². The van der Waals surface area contributed by atoms with E-state index in [0.29, 0.717) is 12.2 Å². The Morgan fingerprint density at radius 1 is 1.20 bits per heavy atom. The molecule has 20 heavy (non-hydrogen) atoms. The minimum atomic E-state index is -3.89. The second-order valence-electron chi connectivity index (χ2n) is 4.66. The van der Waals surface area contributed by atoms with E-state index >= 15 is 0 Å². The summed E-state index contributed by atoms with van der Waals surface area (Å²) in [5.41, 5.74) is 1.11. The molecule has 8 heteroatoms. The average molecular weight is 315 g/mol. The van der Waals surface area contributed by atoms with Crippen LogP contribution in [0.5, 0.6) is 0 Å². The predicted octanol–water partition coefficient (Wildman–Crippen LogP) is 1.97. The van der Waals surface area contributed by atoms with Gasteiger partial charge in [0.1, 0.15) is 5.82 Å². The van der Waals surface area contributed by atoms with Crippen LogP contribution in [-0.4, -0.2) is 28.2 Å². The third-order valence-electron chi connectivity index (χ3n) is 2.86. The third-order valence-corrected chi connectivity index (χ3v) is 3.98. The van der Waals surface area contributed by atoms with Crippen LogP contribution in [0.2, 0.25) is 0 Å². The Bertz CT molecular complexity index is 683. The van der Waals surface area contributed by atoms with Crippen molar-refractivity contribution in [3.8, 4) is 0 Å². The molecule has 0 bridgehead atoms. The second-order valence-corrected chi connectivity index (χ2v) is 7.12. The van der Waals surface area contributed by atoms with Crippen LogP contribution >= 0.6 is 10.7 Å². The normalized spacial score (nSPS) is 12.0. The summed E-state index contributed by atoms with van der Waals surface area (Å²) < 4.78 is 24.5. The first-order chi connectivity index (χ1) is 9.39. The second kappa shape index (κ2) is 5.88. The van der Waals surface area contributed by atoms with Crippen molar-refractivity contribution in [1.29, 1.82) is 0 Å². The Labute approximate surface area is 122 Å². The van der Waals surface area contributed by atoms with Gasteiger partial charge in [0.2, 0.25) is 0 Å². The van der Waals surface area contributed by atoms with E-state index in [4.69, 9.17) is 10.7 Å². The Morgan fingerprint density at radius 2 is 1.85 bits per heavy atom. The molecule has 0 unspecified atom stereocenters. The molecule has 0 spiro atoms. The van der Waals surface area contributed by atoms with E-state index in [1.54, 1.807) is 17.0 Å². The van der Waals surface area contributed by atoms with Crippen LogP contribution in [-0.2, 0) is 21.9 Å². The van der Waals surface area contributed by atoms with Crippen molar-refractivity contribution < 1.29 is 8.42 Å². The van der Waals surface area contributed by atoms with Gasteiger partial charge < -0.3 is 0 Å². The van der Waals surface area contributed by atoms with E-state index in [-0.39, 0.29) is 11.2 Å². The molecule has 0 radical (unpaired) electrons. The molecule has 0 aromatic carbocycles.